The van der Waals surface area contributed by atoms with Gasteiger partial charge < -0.3 is 20.3 Å². The van der Waals surface area contributed by atoms with Gasteiger partial charge in [0.05, 0.1) is 12.7 Å². The Bertz CT molecular complexity index is 1180. The van der Waals surface area contributed by atoms with E-state index in [9.17, 15) is 9.59 Å². The Balaban J connectivity index is 1.49. The summed E-state index contributed by atoms with van der Waals surface area (Å²) in [6.45, 7) is 6.55. The van der Waals surface area contributed by atoms with Gasteiger partial charge in [0.15, 0.2) is 0 Å². The second-order valence-corrected chi connectivity index (χ2v) is 10.1. The number of methoxy groups -OCH3 is 1. The van der Waals surface area contributed by atoms with E-state index in [1.54, 1.807) is 37.4 Å². The Morgan fingerprint density at radius 3 is 2.30 bits per heavy atom. The molecule has 6 nitrogen and oxygen atoms in total. The number of hydrogen-bond donors (Lipinski definition) is 2. The average Bonchev–Trinajstić information content (AvgIpc) is 2.93. The van der Waals surface area contributed by atoms with Crippen molar-refractivity contribution in [1.82, 2.24) is 5.32 Å². The van der Waals surface area contributed by atoms with E-state index in [4.69, 9.17) is 4.74 Å². The lowest BCUT2D eigenvalue weighted by Crippen LogP contribution is -2.36. The summed E-state index contributed by atoms with van der Waals surface area (Å²) in [6, 6.07) is 23.2. The van der Waals surface area contributed by atoms with Gasteiger partial charge in [-0.2, -0.15) is 0 Å². The number of hydrogen-bond acceptors (Lipinski definition) is 4. The fraction of sp³-hybridized carbons (Fsp3) is 0.355. The first-order valence-electron chi connectivity index (χ1n) is 13.1. The summed E-state index contributed by atoms with van der Waals surface area (Å²) >= 11 is 0. The lowest BCUT2D eigenvalue weighted by atomic mass is 9.89. The molecule has 0 aliphatic carbocycles. The number of rotatable bonds is 9. The molecule has 2 amide bonds. The van der Waals surface area contributed by atoms with Crippen molar-refractivity contribution in [3.63, 3.8) is 0 Å². The van der Waals surface area contributed by atoms with Crippen LogP contribution in [0.2, 0.25) is 0 Å². The zero-order valence-corrected chi connectivity index (χ0v) is 22.0. The molecule has 0 spiro atoms. The van der Waals surface area contributed by atoms with Gasteiger partial charge in [0, 0.05) is 36.6 Å². The average molecular weight is 500 g/mol. The van der Waals surface area contributed by atoms with Crippen LogP contribution in [0.1, 0.15) is 53.0 Å². The second-order valence-electron chi connectivity index (χ2n) is 10.1. The molecule has 0 atom stereocenters. The number of nitrogens with one attached hydrogen (secondary N) is 2. The van der Waals surface area contributed by atoms with Crippen LogP contribution in [0.25, 0.3) is 0 Å². The number of carbonyl (C=O) groups excluding carboxylic acids is 2. The summed E-state index contributed by atoms with van der Waals surface area (Å²) in [5, 5.41) is 5.99. The summed E-state index contributed by atoms with van der Waals surface area (Å²) in [4.78, 5) is 28.4. The normalized spacial score (nSPS) is 13.9. The molecule has 0 saturated carbocycles. The molecule has 1 saturated heterocycles. The predicted octanol–water partition coefficient (Wildman–Crippen LogP) is 5.79. The maximum absolute atomic E-state index is 13.2. The van der Waals surface area contributed by atoms with E-state index in [0.29, 0.717) is 40.9 Å². The zero-order chi connectivity index (χ0) is 26.2. The number of benzene rings is 3. The predicted molar refractivity (Wildman–Crippen MR) is 150 cm³/mol. The first-order valence-corrected chi connectivity index (χ1v) is 13.1. The van der Waals surface area contributed by atoms with E-state index in [1.165, 1.54) is 5.56 Å². The number of amides is 2. The highest BCUT2D eigenvalue weighted by atomic mass is 16.5. The van der Waals surface area contributed by atoms with Crippen molar-refractivity contribution in [3.05, 3.63) is 89.5 Å². The van der Waals surface area contributed by atoms with E-state index in [2.05, 4.69) is 59.7 Å². The molecule has 0 unspecified atom stereocenters. The zero-order valence-electron chi connectivity index (χ0n) is 22.0. The molecule has 6 heteroatoms. The molecule has 1 aliphatic heterocycles. The molecule has 37 heavy (non-hydrogen) atoms. The van der Waals surface area contributed by atoms with E-state index in [1.807, 2.05) is 12.1 Å². The molecule has 194 valence electrons. The minimum absolute atomic E-state index is 0.115. The summed E-state index contributed by atoms with van der Waals surface area (Å²) in [5.74, 6) is 1.33. The third kappa shape index (κ3) is 7.13. The van der Waals surface area contributed by atoms with Crippen LogP contribution in [0.4, 0.5) is 11.4 Å². The maximum atomic E-state index is 13.2. The van der Waals surface area contributed by atoms with Gasteiger partial charge >= 0.3 is 0 Å². The first-order chi connectivity index (χ1) is 17.9. The first kappa shape index (κ1) is 26.3. The van der Waals surface area contributed by atoms with Crippen molar-refractivity contribution in [2.24, 2.45) is 11.8 Å². The van der Waals surface area contributed by atoms with Crippen molar-refractivity contribution in [2.45, 2.75) is 33.1 Å². The molecule has 4 rings (SSSR count). The van der Waals surface area contributed by atoms with Gasteiger partial charge in [-0.05, 0) is 79.1 Å². The summed E-state index contributed by atoms with van der Waals surface area (Å²) in [5.41, 5.74) is 4.01. The van der Waals surface area contributed by atoms with Crippen LogP contribution in [0.15, 0.2) is 72.8 Å². The van der Waals surface area contributed by atoms with Crippen molar-refractivity contribution in [2.75, 3.05) is 37.0 Å². The third-order valence-corrected chi connectivity index (χ3v) is 6.84. The van der Waals surface area contributed by atoms with Crippen LogP contribution in [-0.4, -0.2) is 38.6 Å². The summed E-state index contributed by atoms with van der Waals surface area (Å²) in [6.07, 6.45) is 3.25. The Morgan fingerprint density at radius 2 is 1.65 bits per heavy atom. The summed E-state index contributed by atoms with van der Waals surface area (Å²) in [7, 11) is 1.59. The van der Waals surface area contributed by atoms with Gasteiger partial charge in [0.2, 0.25) is 0 Å². The van der Waals surface area contributed by atoms with Crippen molar-refractivity contribution in [1.29, 1.82) is 0 Å². The van der Waals surface area contributed by atoms with Gasteiger partial charge in [0.1, 0.15) is 5.75 Å². The molecule has 3 aromatic rings. The van der Waals surface area contributed by atoms with Crippen LogP contribution in [0.5, 0.6) is 5.75 Å². The lowest BCUT2D eigenvalue weighted by molar-refractivity contribution is 0.0948. The molecular weight excluding hydrogens is 462 g/mol. The highest BCUT2D eigenvalue weighted by Crippen LogP contribution is 2.30. The molecule has 1 fully saturated rings. The number of anilines is 2. The van der Waals surface area contributed by atoms with Gasteiger partial charge in [-0.15, -0.1) is 0 Å². The Morgan fingerprint density at radius 1 is 0.946 bits per heavy atom. The SMILES string of the molecule is COc1ccc(C(=O)Nc2ccc(N3CCC(Cc4ccccc4)CC3)c(C(=O)NCC(C)C)c2)cc1. The minimum atomic E-state index is -0.231. The summed E-state index contributed by atoms with van der Waals surface area (Å²) < 4.78 is 5.18. The molecule has 1 heterocycles. The second kappa shape index (κ2) is 12.4. The maximum Gasteiger partial charge on any atom is 0.255 e. The lowest BCUT2D eigenvalue weighted by Gasteiger charge is -2.35. The highest BCUT2D eigenvalue weighted by molar-refractivity contribution is 6.06. The number of carbonyl (C=O) groups is 2. The van der Waals surface area contributed by atoms with E-state index < -0.39 is 0 Å². The number of nitrogens with zero attached hydrogens (tertiary/aromatic N) is 1. The molecule has 3 aromatic carbocycles. The fourth-order valence-corrected chi connectivity index (χ4v) is 4.73. The van der Waals surface area contributed by atoms with Crippen molar-refractivity contribution >= 4 is 23.2 Å². The highest BCUT2D eigenvalue weighted by Gasteiger charge is 2.24. The van der Waals surface area contributed by atoms with Crippen LogP contribution < -0.4 is 20.3 Å². The topological polar surface area (TPSA) is 70.7 Å². The number of piperidine rings is 1. The molecule has 0 radical (unpaired) electrons. The van der Waals surface area contributed by atoms with Crippen LogP contribution >= 0.6 is 0 Å². The van der Waals surface area contributed by atoms with Crippen molar-refractivity contribution in [3.8, 4) is 5.75 Å². The fourth-order valence-electron chi connectivity index (χ4n) is 4.73. The standard InChI is InChI=1S/C31H37N3O3/c1-22(2)21-32-31(36)28-20-26(33-30(35)25-9-12-27(37-3)13-10-25)11-14-29(28)34-17-15-24(16-18-34)19-23-7-5-4-6-8-23/h4-14,20,22,24H,15-19,21H2,1-3H3,(H,32,36)(H,33,35). The quantitative estimate of drug-likeness (QED) is 0.391. The van der Waals surface area contributed by atoms with Gasteiger partial charge in [0.25, 0.3) is 11.8 Å². The minimum Gasteiger partial charge on any atom is -0.497 e. The molecular formula is C31H37N3O3. The van der Waals surface area contributed by atoms with Gasteiger partial charge in [-0.25, -0.2) is 0 Å². The van der Waals surface area contributed by atoms with E-state index >= 15 is 0 Å². The molecule has 1 aliphatic rings. The monoisotopic (exact) mass is 499 g/mol. The van der Waals surface area contributed by atoms with Crippen molar-refractivity contribution < 1.29 is 14.3 Å². The van der Waals surface area contributed by atoms with E-state index in [0.717, 1.165) is 38.0 Å². The van der Waals surface area contributed by atoms with Gasteiger partial charge in [-0.3, -0.25) is 9.59 Å². The van der Waals surface area contributed by atoms with Gasteiger partial charge in [-0.1, -0.05) is 44.2 Å². The molecule has 0 aromatic heterocycles. The Labute approximate surface area is 220 Å². The van der Waals surface area contributed by atoms with Crippen LogP contribution in [0.3, 0.4) is 0 Å². The van der Waals surface area contributed by atoms with E-state index in [-0.39, 0.29) is 11.8 Å². The third-order valence-electron chi connectivity index (χ3n) is 6.84. The van der Waals surface area contributed by atoms with Crippen LogP contribution in [-0.2, 0) is 6.42 Å². The van der Waals surface area contributed by atoms with Crippen LogP contribution in [0, 0.1) is 11.8 Å². The molecule has 0 bridgehead atoms. The largest absolute Gasteiger partial charge is 0.497 e. The smallest absolute Gasteiger partial charge is 0.255 e. The number of ether oxygens (including phenoxy) is 1. The molecule has 2 N–H and O–H groups in total. The Hall–Kier alpha value is -3.80. The Kier molecular flexibility index (Phi) is 8.83.